The molecule has 0 bridgehead atoms. The smallest absolute Gasteiger partial charge is 0.319 e. The lowest BCUT2D eigenvalue weighted by atomic mass is 10.3. The highest BCUT2D eigenvalue weighted by Gasteiger charge is 2.06. The van der Waals surface area contributed by atoms with Crippen molar-refractivity contribution >= 4 is 23.3 Å². The molecular formula is C13H19ClN2O3. The molecule has 0 aromatic heterocycles. The summed E-state index contributed by atoms with van der Waals surface area (Å²) in [5, 5.41) is 14.8. The van der Waals surface area contributed by atoms with E-state index in [1.54, 1.807) is 25.1 Å². The minimum Gasteiger partial charge on any atom is -0.492 e. The van der Waals surface area contributed by atoms with Crippen LogP contribution < -0.4 is 15.4 Å². The van der Waals surface area contributed by atoms with Crippen molar-refractivity contribution in [2.24, 2.45) is 0 Å². The highest BCUT2D eigenvalue weighted by molar-refractivity contribution is 6.32. The minimum atomic E-state index is -0.430. The number of anilines is 1. The first-order valence-electron chi connectivity index (χ1n) is 6.18. The second kappa shape index (κ2) is 7.86. The van der Waals surface area contributed by atoms with Gasteiger partial charge in [0.25, 0.3) is 0 Å². The number of aliphatic hydroxyl groups is 1. The molecule has 19 heavy (non-hydrogen) atoms. The van der Waals surface area contributed by atoms with Crippen LogP contribution in [0.5, 0.6) is 5.75 Å². The third kappa shape index (κ3) is 5.81. The maximum atomic E-state index is 11.5. The van der Waals surface area contributed by atoms with Crippen molar-refractivity contribution in [3.63, 3.8) is 0 Å². The van der Waals surface area contributed by atoms with E-state index < -0.39 is 6.10 Å². The molecule has 0 radical (unpaired) electrons. The van der Waals surface area contributed by atoms with Gasteiger partial charge in [0, 0.05) is 12.2 Å². The van der Waals surface area contributed by atoms with Crippen molar-refractivity contribution in [3.05, 3.63) is 23.2 Å². The summed E-state index contributed by atoms with van der Waals surface area (Å²) in [6, 6.07) is 4.71. The molecule has 6 heteroatoms. The number of benzene rings is 1. The average Bonchev–Trinajstić information content (AvgIpc) is 2.32. The topological polar surface area (TPSA) is 70.6 Å². The van der Waals surface area contributed by atoms with Crippen LogP contribution in [0, 0.1) is 0 Å². The quantitative estimate of drug-likeness (QED) is 0.753. The van der Waals surface area contributed by atoms with Crippen LogP contribution in [0.3, 0.4) is 0 Å². The Balaban J connectivity index is 2.48. The molecule has 106 valence electrons. The molecule has 0 heterocycles. The van der Waals surface area contributed by atoms with Crippen LogP contribution in [-0.4, -0.2) is 30.4 Å². The first-order chi connectivity index (χ1) is 9.02. The Bertz CT molecular complexity index is 424. The first kappa shape index (κ1) is 15.6. The predicted octanol–water partition coefficient (Wildman–Crippen LogP) is 2.63. The van der Waals surface area contributed by atoms with Gasteiger partial charge in [-0.25, -0.2) is 4.79 Å². The summed E-state index contributed by atoms with van der Waals surface area (Å²) in [7, 11) is 0. The summed E-state index contributed by atoms with van der Waals surface area (Å²) in [6.07, 6.45) is 0.0810. The monoisotopic (exact) mass is 286 g/mol. The number of aliphatic hydroxyl groups excluding tert-OH is 1. The highest BCUT2D eigenvalue weighted by Crippen LogP contribution is 2.27. The van der Waals surface area contributed by atoms with Crippen LogP contribution >= 0.6 is 11.6 Å². The van der Waals surface area contributed by atoms with Gasteiger partial charge in [0.1, 0.15) is 5.75 Å². The van der Waals surface area contributed by atoms with Crippen LogP contribution in [0.15, 0.2) is 18.2 Å². The van der Waals surface area contributed by atoms with E-state index in [9.17, 15) is 4.79 Å². The highest BCUT2D eigenvalue weighted by atomic mass is 35.5. The van der Waals surface area contributed by atoms with Gasteiger partial charge in [-0.15, -0.1) is 0 Å². The fraction of sp³-hybridized carbons (Fsp3) is 0.462. The van der Waals surface area contributed by atoms with E-state index >= 15 is 0 Å². The van der Waals surface area contributed by atoms with E-state index in [0.717, 1.165) is 0 Å². The first-order valence-corrected chi connectivity index (χ1v) is 6.56. The van der Waals surface area contributed by atoms with Gasteiger partial charge in [-0.1, -0.05) is 11.6 Å². The Morgan fingerprint density at radius 2 is 2.26 bits per heavy atom. The minimum absolute atomic E-state index is 0.333. The van der Waals surface area contributed by atoms with Gasteiger partial charge < -0.3 is 20.5 Å². The Hall–Kier alpha value is -1.46. The summed E-state index contributed by atoms with van der Waals surface area (Å²) in [4.78, 5) is 11.5. The summed E-state index contributed by atoms with van der Waals surface area (Å²) < 4.78 is 5.30. The van der Waals surface area contributed by atoms with E-state index in [1.165, 1.54) is 0 Å². The Labute approximate surface area is 117 Å². The fourth-order valence-corrected chi connectivity index (χ4v) is 1.66. The molecule has 5 nitrogen and oxygen atoms in total. The number of carbonyl (C=O) groups excluding carboxylic acids is 1. The van der Waals surface area contributed by atoms with E-state index in [4.69, 9.17) is 21.4 Å². The predicted molar refractivity (Wildman–Crippen MR) is 75.9 cm³/mol. The van der Waals surface area contributed by atoms with Crippen molar-refractivity contribution in [3.8, 4) is 5.75 Å². The molecule has 2 amide bonds. The zero-order chi connectivity index (χ0) is 14.3. The number of amides is 2. The second-order valence-corrected chi connectivity index (χ2v) is 4.50. The van der Waals surface area contributed by atoms with Crippen LogP contribution in [0.2, 0.25) is 5.02 Å². The molecule has 3 N–H and O–H groups in total. The van der Waals surface area contributed by atoms with Crippen molar-refractivity contribution < 1.29 is 14.6 Å². The van der Waals surface area contributed by atoms with Crippen molar-refractivity contribution in [1.82, 2.24) is 5.32 Å². The summed E-state index contributed by atoms with van der Waals surface area (Å²) in [5.41, 5.74) is 0.586. The van der Waals surface area contributed by atoms with Gasteiger partial charge in [0.15, 0.2) is 0 Å². The summed E-state index contributed by atoms with van der Waals surface area (Å²) in [5.74, 6) is 0.587. The van der Waals surface area contributed by atoms with Gasteiger partial charge in [0.05, 0.1) is 17.7 Å². The van der Waals surface area contributed by atoms with Crippen LogP contribution in [-0.2, 0) is 0 Å². The Morgan fingerprint density at radius 3 is 2.84 bits per heavy atom. The van der Waals surface area contributed by atoms with Gasteiger partial charge in [0.2, 0.25) is 0 Å². The molecule has 1 aromatic rings. The Morgan fingerprint density at radius 1 is 1.53 bits per heavy atom. The van der Waals surface area contributed by atoms with Crippen molar-refractivity contribution in [2.45, 2.75) is 26.4 Å². The SMILES string of the molecule is CCOc1ccc(NC(=O)NCCC(C)O)cc1Cl. The molecule has 1 aromatic carbocycles. The van der Waals surface area contributed by atoms with Crippen LogP contribution in [0.1, 0.15) is 20.3 Å². The summed E-state index contributed by atoms with van der Waals surface area (Å²) in [6.45, 7) is 4.49. The lowest BCUT2D eigenvalue weighted by molar-refractivity contribution is 0.184. The standard InChI is InChI=1S/C13H19ClN2O3/c1-3-19-12-5-4-10(8-11(12)14)16-13(18)15-7-6-9(2)17/h4-5,8-9,17H,3,6-7H2,1-2H3,(H2,15,16,18). The van der Waals surface area contributed by atoms with E-state index in [0.29, 0.717) is 36.0 Å². The number of carbonyl (C=O) groups is 1. The third-order valence-corrected chi connectivity index (χ3v) is 2.63. The van der Waals surface area contributed by atoms with Gasteiger partial charge in [-0.2, -0.15) is 0 Å². The van der Waals surface area contributed by atoms with Crippen LogP contribution in [0.25, 0.3) is 0 Å². The molecule has 1 rings (SSSR count). The van der Waals surface area contributed by atoms with Crippen molar-refractivity contribution in [2.75, 3.05) is 18.5 Å². The number of ether oxygens (including phenoxy) is 1. The molecule has 0 aliphatic heterocycles. The molecule has 0 saturated heterocycles. The maximum Gasteiger partial charge on any atom is 0.319 e. The fourth-order valence-electron chi connectivity index (χ4n) is 1.42. The average molecular weight is 287 g/mol. The normalized spacial score (nSPS) is 11.8. The van der Waals surface area contributed by atoms with Crippen molar-refractivity contribution in [1.29, 1.82) is 0 Å². The molecule has 0 fully saturated rings. The lowest BCUT2D eigenvalue weighted by Crippen LogP contribution is -2.30. The largest absolute Gasteiger partial charge is 0.492 e. The summed E-state index contributed by atoms with van der Waals surface area (Å²) >= 11 is 6.01. The molecule has 0 aliphatic carbocycles. The van der Waals surface area contributed by atoms with E-state index in [2.05, 4.69) is 10.6 Å². The molecule has 0 spiro atoms. The number of urea groups is 1. The molecule has 0 aliphatic rings. The molecular weight excluding hydrogens is 268 g/mol. The third-order valence-electron chi connectivity index (χ3n) is 2.34. The molecule has 1 atom stereocenters. The maximum absolute atomic E-state index is 11.5. The van der Waals surface area contributed by atoms with E-state index in [-0.39, 0.29) is 6.03 Å². The number of hydrogen-bond donors (Lipinski definition) is 3. The Kier molecular flexibility index (Phi) is 6.45. The van der Waals surface area contributed by atoms with E-state index in [1.807, 2.05) is 6.92 Å². The zero-order valence-corrected chi connectivity index (χ0v) is 11.8. The number of hydrogen-bond acceptors (Lipinski definition) is 3. The zero-order valence-electron chi connectivity index (χ0n) is 11.1. The lowest BCUT2D eigenvalue weighted by Gasteiger charge is -2.10. The van der Waals surface area contributed by atoms with Gasteiger partial charge in [-0.05, 0) is 38.5 Å². The molecule has 1 unspecified atom stereocenters. The van der Waals surface area contributed by atoms with Gasteiger partial charge >= 0.3 is 6.03 Å². The number of nitrogens with one attached hydrogen (secondary N) is 2. The van der Waals surface area contributed by atoms with Crippen LogP contribution in [0.4, 0.5) is 10.5 Å². The van der Waals surface area contributed by atoms with Gasteiger partial charge in [-0.3, -0.25) is 0 Å². The number of halogens is 1. The second-order valence-electron chi connectivity index (χ2n) is 4.10. The number of rotatable bonds is 6. The molecule has 0 saturated carbocycles.